The highest BCUT2D eigenvalue weighted by molar-refractivity contribution is 5.97. The number of benzene rings is 2. The number of hydrogen-bond donors (Lipinski definition) is 1. The smallest absolute Gasteiger partial charge is 0.255 e. The molecule has 3 rings (SSSR count). The molecule has 0 saturated carbocycles. The second kappa shape index (κ2) is 8.56. The van der Waals surface area contributed by atoms with Crippen molar-refractivity contribution in [3.8, 4) is 17.2 Å². The molecule has 0 spiro atoms. The van der Waals surface area contributed by atoms with E-state index in [9.17, 15) is 9.59 Å². The minimum atomic E-state index is -0.452. The van der Waals surface area contributed by atoms with Crippen LogP contribution in [0.1, 0.15) is 16.8 Å². The van der Waals surface area contributed by atoms with Gasteiger partial charge in [0.05, 0.1) is 32.8 Å². The van der Waals surface area contributed by atoms with Crippen molar-refractivity contribution in [3.63, 3.8) is 0 Å². The van der Waals surface area contributed by atoms with Gasteiger partial charge in [0.2, 0.25) is 0 Å². The van der Waals surface area contributed by atoms with Gasteiger partial charge in [-0.1, -0.05) is 18.2 Å². The normalized spacial score (nSPS) is 15.0. The lowest BCUT2D eigenvalue weighted by Gasteiger charge is -2.15. The monoisotopic (exact) mass is 382 g/mol. The van der Waals surface area contributed by atoms with Gasteiger partial charge in [-0.2, -0.15) is 0 Å². The fourth-order valence-electron chi connectivity index (χ4n) is 3.13. The Morgan fingerprint density at radius 2 is 1.68 bits per heavy atom. The number of nitrogens with zero attached hydrogens (tertiary/aromatic N) is 1. The number of nitrogens with one attached hydrogen (secondary N) is 1. The van der Waals surface area contributed by atoms with Crippen LogP contribution in [0, 0.1) is 5.92 Å². The van der Waals surface area contributed by atoms with Crippen molar-refractivity contribution in [3.05, 3.63) is 52.5 Å². The average Bonchev–Trinajstić information content (AvgIpc) is 2.73. The highest BCUT2D eigenvalue weighted by atomic mass is 16.5. The molecule has 0 aliphatic carbocycles. The van der Waals surface area contributed by atoms with Crippen molar-refractivity contribution in [1.82, 2.24) is 5.32 Å². The van der Waals surface area contributed by atoms with Gasteiger partial charge in [-0.3, -0.25) is 9.59 Å². The van der Waals surface area contributed by atoms with Crippen LogP contribution >= 0.6 is 0 Å². The van der Waals surface area contributed by atoms with Gasteiger partial charge < -0.3 is 19.5 Å². The summed E-state index contributed by atoms with van der Waals surface area (Å²) in [5.74, 6) is 0.661. The Balaban J connectivity index is 1.75. The molecule has 0 aromatic heterocycles. The van der Waals surface area contributed by atoms with E-state index >= 15 is 0 Å². The van der Waals surface area contributed by atoms with Gasteiger partial charge in [-0.05, 0) is 30.7 Å². The first-order valence-corrected chi connectivity index (χ1v) is 8.85. The van der Waals surface area contributed by atoms with Crippen LogP contribution in [-0.4, -0.2) is 39.7 Å². The molecule has 0 fully saturated rings. The van der Waals surface area contributed by atoms with Gasteiger partial charge >= 0.3 is 0 Å². The maximum atomic E-state index is 12.4. The van der Waals surface area contributed by atoms with Crippen LogP contribution < -0.4 is 30.1 Å². The Hall–Kier alpha value is -3.35. The minimum Gasteiger partial charge on any atom is -0.496 e. The van der Waals surface area contributed by atoms with E-state index in [1.165, 1.54) is 14.2 Å². The summed E-state index contributed by atoms with van der Waals surface area (Å²) < 4.78 is 15.9. The summed E-state index contributed by atoms with van der Waals surface area (Å²) in [6.45, 7) is 0.320. The SMILES string of the molecule is COc1ccccc1C(=O)NCCC1C=c2c(OC)ccc(OC)c2=NC1=O. The number of amides is 2. The van der Waals surface area contributed by atoms with Gasteiger partial charge in [0.1, 0.15) is 22.6 Å². The molecule has 2 amide bonds. The molecule has 2 aromatic rings. The lowest BCUT2D eigenvalue weighted by Crippen LogP contribution is -2.37. The van der Waals surface area contributed by atoms with Gasteiger partial charge in [0.25, 0.3) is 11.8 Å². The topological polar surface area (TPSA) is 86.2 Å². The number of hydrogen-bond acceptors (Lipinski definition) is 5. The molecule has 2 aromatic carbocycles. The third-order valence-electron chi connectivity index (χ3n) is 4.58. The van der Waals surface area contributed by atoms with Crippen LogP contribution in [-0.2, 0) is 4.79 Å². The molecule has 1 N–H and O–H groups in total. The summed E-state index contributed by atoms with van der Waals surface area (Å²) in [6, 6.07) is 10.5. The number of ether oxygens (including phenoxy) is 3. The van der Waals surface area contributed by atoms with Gasteiger partial charge in [-0.15, -0.1) is 0 Å². The molecule has 1 heterocycles. The Morgan fingerprint density at radius 3 is 2.39 bits per heavy atom. The Labute approximate surface area is 162 Å². The largest absolute Gasteiger partial charge is 0.496 e. The van der Waals surface area contributed by atoms with Crippen LogP contribution in [0.2, 0.25) is 0 Å². The molecule has 1 aliphatic rings. The number of rotatable bonds is 7. The molecule has 0 radical (unpaired) electrons. The van der Waals surface area contributed by atoms with Crippen molar-refractivity contribution in [2.24, 2.45) is 10.9 Å². The lowest BCUT2D eigenvalue weighted by molar-refractivity contribution is -0.120. The van der Waals surface area contributed by atoms with Crippen LogP contribution in [0.3, 0.4) is 0 Å². The van der Waals surface area contributed by atoms with Crippen molar-refractivity contribution < 1.29 is 23.8 Å². The van der Waals surface area contributed by atoms with Crippen molar-refractivity contribution in [1.29, 1.82) is 0 Å². The third kappa shape index (κ3) is 3.83. The minimum absolute atomic E-state index is 0.253. The average molecular weight is 382 g/mol. The zero-order valence-electron chi connectivity index (χ0n) is 16.0. The molecule has 28 heavy (non-hydrogen) atoms. The van der Waals surface area contributed by atoms with Crippen molar-refractivity contribution >= 4 is 17.9 Å². The zero-order valence-corrected chi connectivity index (χ0v) is 16.0. The molecule has 1 atom stereocenters. The highest BCUT2D eigenvalue weighted by Gasteiger charge is 2.22. The summed E-state index contributed by atoms with van der Waals surface area (Å²) in [4.78, 5) is 29.0. The summed E-state index contributed by atoms with van der Waals surface area (Å²) in [6.07, 6.45) is 2.24. The fraction of sp³-hybridized carbons (Fsp3) is 0.286. The molecule has 0 bridgehead atoms. The maximum Gasteiger partial charge on any atom is 0.255 e. The van der Waals surface area contributed by atoms with Crippen LogP contribution in [0.4, 0.5) is 0 Å². The standard InChI is InChI=1S/C21H22N2O5/c1-26-16-7-5-4-6-14(16)21(25)22-11-10-13-12-15-17(27-2)8-9-18(28-3)19(15)23-20(13)24/h4-9,12-13H,10-11H2,1-3H3,(H,22,25). The highest BCUT2D eigenvalue weighted by Crippen LogP contribution is 2.18. The molecule has 146 valence electrons. The van der Waals surface area contributed by atoms with E-state index in [0.29, 0.717) is 41.1 Å². The summed E-state index contributed by atoms with van der Waals surface area (Å²) in [5.41, 5.74) is 0.449. The number of para-hydroxylation sites is 1. The van der Waals surface area contributed by atoms with Crippen molar-refractivity contribution in [2.45, 2.75) is 6.42 Å². The number of methoxy groups -OCH3 is 3. The van der Waals surface area contributed by atoms with E-state index in [2.05, 4.69) is 10.3 Å². The lowest BCUT2D eigenvalue weighted by atomic mass is 9.99. The Morgan fingerprint density at radius 1 is 1.00 bits per heavy atom. The van der Waals surface area contributed by atoms with E-state index in [0.717, 1.165) is 5.22 Å². The quantitative estimate of drug-likeness (QED) is 0.775. The molecule has 1 aliphatic heterocycles. The van der Waals surface area contributed by atoms with Crippen LogP contribution in [0.25, 0.3) is 6.08 Å². The molecule has 7 nitrogen and oxygen atoms in total. The Kier molecular flexibility index (Phi) is 5.93. The van der Waals surface area contributed by atoms with E-state index in [1.54, 1.807) is 43.5 Å². The predicted octanol–water partition coefficient (Wildman–Crippen LogP) is 1.09. The molecule has 1 unspecified atom stereocenters. The maximum absolute atomic E-state index is 12.4. The number of carbonyl (C=O) groups excluding carboxylic acids is 2. The first-order valence-electron chi connectivity index (χ1n) is 8.85. The summed E-state index contributed by atoms with van der Waals surface area (Å²) in [7, 11) is 4.61. The second-order valence-electron chi connectivity index (χ2n) is 6.20. The molecule has 0 saturated heterocycles. The van der Waals surface area contributed by atoms with Gasteiger partial charge in [-0.25, -0.2) is 4.99 Å². The number of fused-ring (bicyclic) bond motifs is 1. The van der Waals surface area contributed by atoms with E-state index in [4.69, 9.17) is 14.2 Å². The van der Waals surface area contributed by atoms with Gasteiger partial charge in [0.15, 0.2) is 0 Å². The van der Waals surface area contributed by atoms with Crippen molar-refractivity contribution in [2.75, 3.05) is 27.9 Å². The van der Waals surface area contributed by atoms with Crippen LogP contribution in [0.5, 0.6) is 17.2 Å². The summed E-state index contributed by atoms with van der Waals surface area (Å²) >= 11 is 0. The Bertz CT molecular complexity index is 1020. The van der Waals surface area contributed by atoms with Crippen LogP contribution in [0.15, 0.2) is 41.4 Å². The van der Waals surface area contributed by atoms with E-state index < -0.39 is 5.92 Å². The summed E-state index contributed by atoms with van der Waals surface area (Å²) in [5, 5.41) is 4.03. The third-order valence-corrected chi connectivity index (χ3v) is 4.58. The predicted molar refractivity (Wildman–Crippen MR) is 103 cm³/mol. The first kappa shape index (κ1) is 19.4. The molecule has 7 heteroatoms. The second-order valence-corrected chi connectivity index (χ2v) is 6.20. The van der Waals surface area contributed by atoms with Gasteiger partial charge in [0, 0.05) is 11.8 Å². The molecular formula is C21H22N2O5. The first-order chi connectivity index (χ1) is 13.6. The zero-order chi connectivity index (χ0) is 20.1. The fourth-order valence-corrected chi connectivity index (χ4v) is 3.13. The van der Waals surface area contributed by atoms with E-state index in [1.807, 2.05) is 6.08 Å². The number of carbonyl (C=O) groups is 2. The van der Waals surface area contributed by atoms with E-state index in [-0.39, 0.29) is 11.8 Å². The molecular weight excluding hydrogens is 360 g/mol.